The van der Waals surface area contributed by atoms with Gasteiger partial charge in [0.25, 0.3) is 0 Å². The highest BCUT2D eigenvalue weighted by atomic mass is 79.9. The third-order valence-electron chi connectivity index (χ3n) is 2.97. The molecule has 0 heterocycles. The quantitative estimate of drug-likeness (QED) is 0.757. The second-order valence-electron chi connectivity index (χ2n) is 4.88. The maximum absolute atomic E-state index is 5.73. The van der Waals surface area contributed by atoms with Crippen LogP contribution in [0.25, 0.3) is 6.08 Å². The third kappa shape index (κ3) is 4.62. The summed E-state index contributed by atoms with van der Waals surface area (Å²) >= 11 is 7.09. The van der Waals surface area contributed by atoms with Crippen molar-refractivity contribution in [3.8, 4) is 5.75 Å². The van der Waals surface area contributed by atoms with Crippen LogP contribution in [0.3, 0.4) is 0 Å². The zero-order valence-electron chi connectivity index (χ0n) is 11.3. The zero-order chi connectivity index (χ0) is 13.8. The van der Waals surface area contributed by atoms with Crippen molar-refractivity contribution in [3.05, 3.63) is 32.2 Å². The fourth-order valence-corrected chi connectivity index (χ4v) is 3.27. The molecule has 4 heteroatoms. The van der Waals surface area contributed by atoms with Crippen LogP contribution in [0.5, 0.6) is 5.75 Å². The van der Waals surface area contributed by atoms with Gasteiger partial charge in [0.15, 0.2) is 0 Å². The minimum atomic E-state index is 0.667. The van der Waals surface area contributed by atoms with Crippen molar-refractivity contribution in [2.75, 3.05) is 13.2 Å². The summed E-state index contributed by atoms with van der Waals surface area (Å²) in [4.78, 5) is 0. The molecule has 0 radical (unpaired) electrons. The molecule has 0 atom stereocenters. The summed E-state index contributed by atoms with van der Waals surface area (Å²) in [7, 11) is 0. The minimum Gasteiger partial charge on any atom is -0.492 e. The standard InChI is InChI=1S/C15H19Br2NO/c1-3-19-15-11(7-12(16)8-14(15)17)6-10(2)9-18-13-4-5-13/h6-8,13,18H,3-5,9H2,1-2H3. The highest BCUT2D eigenvalue weighted by Crippen LogP contribution is 2.34. The highest BCUT2D eigenvalue weighted by molar-refractivity contribution is 9.11. The van der Waals surface area contributed by atoms with E-state index in [-0.39, 0.29) is 0 Å². The molecular formula is C15H19Br2NO. The largest absolute Gasteiger partial charge is 0.492 e. The van der Waals surface area contributed by atoms with Crippen LogP contribution in [0.2, 0.25) is 0 Å². The molecule has 0 aliphatic heterocycles. The third-order valence-corrected chi connectivity index (χ3v) is 4.02. The summed E-state index contributed by atoms with van der Waals surface area (Å²) < 4.78 is 7.77. The second kappa shape index (κ2) is 6.91. The van der Waals surface area contributed by atoms with Crippen LogP contribution in [0, 0.1) is 0 Å². The Morgan fingerprint density at radius 2 is 2.16 bits per heavy atom. The van der Waals surface area contributed by atoms with Gasteiger partial charge >= 0.3 is 0 Å². The lowest BCUT2D eigenvalue weighted by Gasteiger charge is -2.12. The lowest BCUT2D eigenvalue weighted by atomic mass is 10.1. The fraction of sp³-hybridized carbons (Fsp3) is 0.467. The van der Waals surface area contributed by atoms with Gasteiger partial charge in [0.05, 0.1) is 11.1 Å². The Bertz CT molecular complexity index is 481. The number of hydrogen-bond donors (Lipinski definition) is 1. The van der Waals surface area contributed by atoms with Gasteiger partial charge in [-0.1, -0.05) is 27.6 Å². The van der Waals surface area contributed by atoms with Gasteiger partial charge in [-0.15, -0.1) is 0 Å². The predicted octanol–water partition coefficient (Wildman–Crippen LogP) is 4.77. The van der Waals surface area contributed by atoms with Crippen molar-refractivity contribution in [1.82, 2.24) is 5.32 Å². The lowest BCUT2D eigenvalue weighted by molar-refractivity contribution is 0.337. The predicted molar refractivity (Wildman–Crippen MR) is 87.7 cm³/mol. The topological polar surface area (TPSA) is 21.3 Å². The van der Waals surface area contributed by atoms with Crippen LogP contribution in [-0.4, -0.2) is 19.2 Å². The van der Waals surface area contributed by atoms with E-state index in [1.165, 1.54) is 18.4 Å². The molecule has 0 aromatic heterocycles. The smallest absolute Gasteiger partial charge is 0.140 e. The molecule has 1 aromatic carbocycles. The summed E-state index contributed by atoms with van der Waals surface area (Å²) in [5.41, 5.74) is 2.43. The highest BCUT2D eigenvalue weighted by Gasteiger charge is 2.19. The summed E-state index contributed by atoms with van der Waals surface area (Å²) in [6.45, 7) is 5.77. The molecule has 19 heavy (non-hydrogen) atoms. The van der Waals surface area contributed by atoms with Crippen LogP contribution in [0.15, 0.2) is 26.7 Å². The minimum absolute atomic E-state index is 0.667. The molecule has 0 spiro atoms. The second-order valence-corrected chi connectivity index (χ2v) is 6.65. The van der Waals surface area contributed by atoms with Gasteiger partial charge in [0.1, 0.15) is 5.75 Å². The zero-order valence-corrected chi connectivity index (χ0v) is 14.5. The number of nitrogens with one attached hydrogen (secondary N) is 1. The first-order chi connectivity index (χ1) is 9.10. The van der Waals surface area contributed by atoms with Crippen molar-refractivity contribution >= 4 is 37.9 Å². The van der Waals surface area contributed by atoms with Crippen molar-refractivity contribution in [2.45, 2.75) is 32.7 Å². The van der Waals surface area contributed by atoms with E-state index in [1.807, 2.05) is 13.0 Å². The van der Waals surface area contributed by atoms with E-state index in [0.717, 1.165) is 32.8 Å². The Hall–Kier alpha value is -0.320. The summed E-state index contributed by atoms with van der Waals surface area (Å²) in [5.74, 6) is 0.913. The van der Waals surface area contributed by atoms with Crippen LogP contribution >= 0.6 is 31.9 Å². The number of benzene rings is 1. The molecule has 0 unspecified atom stereocenters. The van der Waals surface area contributed by atoms with Gasteiger partial charge in [-0.05, 0) is 54.8 Å². The van der Waals surface area contributed by atoms with Gasteiger partial charge in [-0.25, -0.2) is 0 Å². The number of ether oxygens (including phenoxy) is 1. The molecule has 2 rings (SSSR count). The Labute approximate surface area is 131 Å². The van der Waals surface area contributed by atoms with Crippen molar-refractivity contribution in [2.24, 2.45) is 0 Å². The number of hydrogen-bond acceptors (Lipinski definition) is 2. The molecule has 1 fully saturated rings. The van der Waals surface area contributed by atoms with E-state index in [0.29, 0.717) is 6.61 Å². The van der Waals surface area contributed by atoms with Gasteiger partial charge < -0.3 is 10.1 Å². The molecule has 2 nitrogen and oxygen atoms in total. The van der Waals surface area contributed by atoms with Crippen LogP contribution in [0.1, 0.15) is 32.3 Å². The van der Waals surface area contributed by atoms with E-state index in [1.54, 1.807) is 0 Å². The van der Waals surface area contributed by atoms with Gasteiger partial charge in [0.2, 0.25) is 0 Å². The molecule has 0 saturated heterocycles. The molecule has 1 N–H and O–H groups in total. The monoisotopic (exact) mass is 387 g/mol. The Morgan fingerprint density at radius 1 is 1.42 bits per heavy atom. The Balaban J connectivity index is 2.18. The maximum Gasteiger partial charge on any atom is 0.140 e. The average molecular weight is 389 g/mol. The van der Waals surface area contributed by atoms with Crippen LogP contribution < -0.4 is 10.1 Å². The Morgan fingerprint density at radius 3 is 2.79 bits per heavy atom. The fourth-order valence-electron chi connectivity index (χ4n) is 1.89. The molecular weight excluding hydrogens is 370 g/mol. The number of rotatable bonds is 6. The van der Waals surface area contributed by atoms with Crippen molar-refractivity contribution in [3.63, 3.8) is 0 Å². The van der Waals surface area contributed by atoms with E-state index >= 15 is 0 Å². The van der Waals surface area contributed by atoms with E-state index in [9.17, 15) is 0 Å². The first-order valence-electron chi connectivity index (χ1n) is 6.62. The lowest BCUT2D eigenvalue weighted by Crippen LogP contribution is -2.18. The number of halogens is 2. The van der Waals surface area contributed by atoms with Crippen molar-refractivity contribution in [1.29, 1.82) is 0 Å². The molecule has 104 valence electrons. The molecule has 1 saturated carbocycles. The Kier molecular flexibility index (Phi) is 5.48. The normalized spacial score (nSPS) is 15.7. The van der Waals surface area contributed by atoms with Crippen LogP contribution in [0.4, 0.5) is 0 Å². The molecule has 1 aromatic rings. The van der Waals surface area contributed by atoms with E-state index < -0.39 is 0 Å². The average Bonchev–Trinajstić information content (AvgIpc) is 3.15. The molecule has 1 aliphatic rings. The summed E-state index contributed by atoms with van der Waals surface area (Å²) in [5, 5.41) is 3.52. The van der Waals surface area contributed by atoms with Gasteiger partial charge in [-0.3, -0.25) is 0 Å². The molecule has 0 bridgehead atoms. The van der Waals surface area contributed by atoms with E-state index in [2.05, 4.69) is 56.2 Å². The van der Waals surface area contributed by atoms with Gasteiger partial charge in [0, 0.05) is 22.6 Å². The van der Waals surface area contributed by atoms with Gasteiger partial charge in [-0.2, -0.15) is 0 Å². The summed E-state index contributed by atoms with van der Waals surface area (Å²) in [6, 6.07) is 4.85. The van der Waals surface area contributed by atoms with Crippen molar-refractivity contribution < 1.29 is 4.74 Å². The molecule has 1 aliphatic carbocycles. The SMILES string of the molecule is CCOc1c(Br)cc(Br)cc1C=C(C)CNC1CC1. The van der Waals surface area contributed by atoms with E-state index in [4.69, 9.17) is 4.74 Å². The maximum atomic E-state index is 5.73. The first-order valence-corrected chi connectivity index (χ1v) is 8.21. The molecule has 0 amide bonds. The summed E-state index contributed by atoms with van der Waals surface area (Å²) in [6.07, 6.45) is 4.83. The first kappa shape index (κ1) is 15.1. The van der Waals surface area contributed by atoms with Crippen LogP contribution in [-0.2, 0) is 0 Å².